The van der Waals surface area contributed by atoms with E-state index in [1.807, 2.05) is 17.0 Å². The smallest absolute Gasteiger partial charge is 0.225 e. The molecule has 0 spiro atoms. The molecule has 5 nitrogen and oxygen atoms in total. The fourth-order valence-electron chi connectivity index (χ4n) is 3.11. The molecule has 1 N–H and O–H groups in total. The Morgan fingerprint density at radius 2 is 1.95 bits per heavy atom. The van der Waals surface area contributed by atoms with Crippen LogP contribution in [0.15, 0.2) is 24.5 Å². The van der Waals surface area contributed by atoms with Crippen LogP contribution < -0.4 is 5.32 Å². The molecule has 2 heterocycles. The van der Waals surface area contributed by atoms with E-state index < -0.39 is 0 Å². The highest BCUT2D eigenvalue weighted by Gasteiger charge is 2.33. The minimum Gasteiger partial charge on any atom is -0.352 e. The van der Waals surface area contributed by atoms with Gasteiger partial charge in [-0.15, -0.1) is 0 Å². The van der Waals surface area contributed by atoms with Crippen molar-refractivity contribution in [1.29, 1.82) is 0 Å². The molecule has 2 amide bonds. The molecule has 22 heavy (non-hydrogen) atoms. The molecule has 1 aromatic rings. The quantitative estimate of drug-likeness (QED) is 0.921. The Balaban J connectivity index is 1.42. The van der Waals surface area contributed by atoms with Crippen LogP contribution in [0.3, 0.4) is 0 Å². The second-order valence-corrected chi connectivity index (χ2v) is 6.31. The molecule has 5 heteroatoms. The number of hydrogen-bond acceptors (Lipinski definition) is 3. The minimum absolute atomic E-state index is 0.0297. The Bertz CT molecular complexity index is 520. The molecule has 0 unspecified atom stereocenters. The van der Waals surface area contributed by atoms with Gasteiger partial charge in [0.05, 0.1) is 0 Å². The van der Waals surface area contributed by atoms with E-state index in [0.717, 1.165) is 44.3 Å². The van der Waals surface area contributed by atoms with Crippen LogP contribution in [0.2, 0.25) is 0 Å². The SMILES string of the molecule is O=C(NCc1cccnc1)C1CCN(C(=O)C2CCC2)CC1. The van der Waals surface area contributed by atoms with E-state index in [2.05, 4.69) is 10.3 Å². The number of rotatable bonds is 4. The van der Waals surface area contributed by atoms with Gasteiger partial charge in [0.15, 0.2) is 0 Å². The van der Waals surface area contributed by atoms with Crippen LogP contribution in [-0.4, -0.2) is 34.8 Å². The summed E-state index contributed by atoms with van der Waals surface area (Å²) in [5.41, 5.74) is 1.01. The number of amides is 2. The number of likely N-dealkylation sites (tertiary alicyclic amines) is 1. The van der Waals surface area contributed by atoms with Gasteiger partial charge in [-0.2, -0.15) is 0 Å². The van der Waals surface area contributed by atoms with Gasteiger partial charge in [-0.25, -0.2) is 0 Å². The van der Waals surface area contributed by atoms with Gasteiger partial charge in [0.2, 0.25) is 11.8 Å². The number of carbonyl (C=O) groups is 2. The van der Waals surface area contributed by atoms with E-state index in [4.69, 9.17) is 0 Å². The molecule has 1 aromatic heterocycles. The van der Waals surface area contributed by atoms with Crippen LogP contribution >= 0.6 is 0 Å². The van der Waals surface area contributed by atoms with Gasteiger partial charge in [0.1, 0.15) is 0 Å². The lowest BCUT2D eigenvalue weighted by Crippen LogP contribution is -2.46. The lowest BCUT2D eigenvalue weighted by atomic mass is 9.83. The lowest BCUT2D eigenvalue weighted by molar-refractivity contribution is -0.141. The van der Waals surface area contributed by atoms with E-state index in [-0.39, 0.29) is 17.7 Å². The van der Waals surface area contributed by atoms with E-state index in [9.17, 15) is 9.59 Å². The standard InChI is InChI=1S/C17H23N3O2/c21-16(19-12-13-3-2-8-18-11-13)14-6-9-20(10-7-14)17(22)15-4-1-5-15/h2-3,8,11,14-15H,1,4-7,9-10,12H2,(H,19,21). The van der Waals surface area contributed by atoms with Gasteiger partial charge in [-0.05, 0) is 37.3 Å². The monoisotopic (exact) mass is 301 g/mol. The predicted octanol–water partition coefficient (Wildman–Crippen LogP) is 1.74. The maximum absolute atomic E-state index is 12.2. The number of aromatic nitrogens is 1. The number of piperidine rings is 1. The highest BCUT2D eigenvalue weighted by Crippen LogP contribution is 2.30. The van der Waals surface area contributed by atoms with Crippen molar-refractivity contribution in [3.05, 3.63) is 30.1 Å². The summed E-state index contributed by atoms with van der Waals surface area (Å²) in [6, 6.07) is 3.82. The molecule has 0 bridgehead atoms. The Morgan fingerprint density at radius 3 is 2.55 bits per heavy atom. The third-order valence-corrected chi connectivity index (χ3v) is 4.82. The van der Waals surface area contributed by atoms with Crippen molar-refractivity contribution >= 4 is 11.8 Å². The van der Waals surface area contributed by atoms with Crippen molar-refractivity contribution in [3.63, 3.8) is 0 Å². The third kappa shape index (κ3) is 3.46. The number of nitrogens with zero attached hydrogens (tertiary/aromatic N) is 2. The average Bonchev–Trinajstić information content (AvgIpc) is 2.52. The van der Waals surface area contributed by atoms with Gasteiger partial charge in [0.25, 0.3) is 0 Å². The van der Waals surface area contributed by atoms with Gasteiger partial charge in [0, 0.05) is 43.9 Å². The second-order valence-electron chi connectivity index (χ2n) is 6.31. The summed E-state index contributed by atoms with van der Waals surface area (Å²) in [6.07, 6.45) is 8.31. The summed E-state index contributed by atoms with van der Waals surface area (Å²) in [4.78, 5) is 30.4. The highest BCUT2D eigenvalue weighted by atomic mass is 16.2. The average molecular weight is 301 g/mol. The molecule has 0 radical (unpaired) electrons. The fraction of sp³-hybridized carbons (Fsp3) is 0.588. The Morgan fingerprint density at radius 1 is 1.18 bits per heavy atom. The fourth-order valence-corrected chi connectivity index (χ4v) is 3.11. The van der Waals surface area contributed by atoms with E-state index in [1.165, 1.54) is 6.42 Å². The zero-order valence-corrected chi connectivity index (χ0v) is 12.8. The largest absolute Gasteiger partial charge is 0.352 e. The molecule has 0 aromatic carbocycles. The number of hydrogen-bond donors (Lipinski definition) is 1. The first kappa shape index (κ1) is 15.0. The molecule has 1 saturated carbocycles. The Kier molecular flexibility index (Phi) is 4.71. The Labute approximate surface area is 131 Å². The van der Waals surface area contributed by atoms with Crippen LogP contribution in [0.5, 0.6) is 0 Å². The molecular weight excluding hydrogens is 278 g/mol. The first-order valence-electron chi connectivity index (χ1n) is 8.19. The minimum atomic E-state index is 0.0297. The summed E-state index contributed by atoms with van der Waals surface area (Å²) < 4.78 is 0. The molecule has 118 valence electrons. The topological polar surface area (TPSA) is 62.3 Å². The summed E-state index contributed by atoms with van der Waals surface area (Å²) in [7, 11) is 0. The van der Waals surface area contributed by atoms with Crippen LogP contribution in [-0.2, 0) is 16.1 Å². The third-order valence-electron chi connectivity index (χ3n) is 4.82. The van der Waals surface area contributed by atoms with Gasteiger partial charge < -0.3 is 10.2 Å². The predicted molar refractivity (Wildman–Crippen MR) is 82.7 cm³/mol. The molecule has 3 rings (SSSR count). The number of nitrogens with one attached hydrogen (secondary N) is 1. The summed E-state index contributed by atoms with van der Waals surface area (Å²) in [5.74, 6) is 0.693. The van der Waals surface area contributed by atoms with Crippen molar-refractivity contribution in [3.8, 4) is 0 Å². The van der Waals surface area contributed by atoms with E-state index >= 15 is 0 Å². The normalized spacial score (nSPS) is 19.5. The molecule has 0 atom stereocenters. The summed E-state index contributed by atoms with van der Waals surface area (Å²) >= 11 is 0. The highest BCUT2D eigenvalue weighted by molar-refractivity contribution is 5.81. The molecular formula is C17H23N3O2. The first-order chi connectivity index (χ1) is 10.7. The zero-order valence-electron chi connectivity index (χ0n) is 12.8. The van der Waals surface area contributed by atoms with Crippen molar-refractivity contribution in [2.75, 3.05) is 13.1 Å². The number of pyridine rings is 1. The molecule has 1 saturated heterocycles. The first-order valence-corrected chi connectivity index (χ1v) is 8.19. The maximum Gasteiger partial charge on any atom is 0.225 e. The van der Waals surface area contributed by atoms with Crippen LogP contribution in [0.1, 0.15) is 37.7 Å². The van der Waals surface area contributed by atoms with Crippen molar-refractivity contribution < 1.29 is 9.59 Å². The van der Waals surface area contributed by atoms with Crippen molar-refractivity contribution in [2.24, 2.45) is 11.8 Å². The van der Waals surface area contributed by atoms with Crippen molar-refractivity contribution in [2.45, 2.75) is 38.6 Å². The van der Waals surface area contributed by atoms with E-state index in [1.54, 1.807) is 12.4 Å². The van der Waals surface area contributed by atoms with Crippen molar-refractivity contribution in [1.82, 2.24) is 15.2 Å². The van der Waals surface area contributed by atoms with Gasteiger partial charge in [-0.1, -0.05) is 12.5 Å². The lowest BCUT2D eigenvalue weighted by Gasteiger charge is -2.36. The van der Waals surface area contributed by atoms with Crippen LogP contribution in [0.25, 0.3) is 0 Å². The maximum atomic E-state index is 12.2. The molecule has 2 aliphatic rings. The molecule has 1 aliphatic carbocycles. The summed E-state index contributed by atoms with van der Waals surface area (Å²) in [5, 5.41) is 2.98. The van der Waals surface area contributed by atoms with E-state index in [0.29, 0.717) is 12.5 Å². The zero-order chi connectivity index (χ0) is 15.4. The Hall–Kier alpha value is -1.91. The van der Waals surface area contributed by atoms with Crippen LogP contribution in [0, 0.1) is 11.8 Å². The molecule has 2 fully saturated rings. The van der Waals surface area contributed by atoms with Crippen LogP contribution in [0.4, 0.5) is 0 Å². The van der Waals surface area contributed by atoms with Gasteiger partial charge in [-0.3, -0.25) is 14.6 Å². The number of carbonyl (C=O) groups excluding carboxylic acids is 2. The van der Waals surface area contributed by atoms with Gasteiger partial charge >= 0.3 is 0 Å². The second kappa shape index (κ2) is 6.90. The summed E-state index contributed by atoms with van der Waals surface area (Å²) in [6.45, 7) is 1.97. The molecule has 1 aliphatic heterocycles.